The minimum Gasteiger partial charge on any atom is -0.385 e. The lowest BCUT2D eigenvalue weighted by molar-refractivity contribution is 0.187. The third-order valence-corrected chi connectivity index (χ3v) is 2.93. The number of hydrogen-bond donors (Lipinski definition) is 1. The molecule has 0 saturated heterocycles. The van der Waals surface area contributed by atoms with E-state index in [1.54, 1.807) is 7.11 Å². The van der Waals surface area contributed by atoms with Crippen LogP contribution < -0.4 is 5.32 Å². The fourth-order valence-electron chi connectivity index (χ4n) is 1.65. The van der Waals surface area contributed by atoms with E-state index in [0.717, 1.165) is 24.0 Å². The van der Waals surface area contributed by atoms with Gasteiger partial charge in [-0.05, 0) is 37.1 Å². The average molecular weight is 272 g/mol. The molecule has 0 radical (unpaired) electrons. The molecule has 1 rings (SSSR count). The molecule has 3 heteroatoms. The van der Waals surface area contributed by atoms with E-state index in [1.165, 1.54) is 5.56 Å². The van der Waals surface area contributed by atoms with Crippen LogP contribution in [0.5, 0.6) is 0 Å². The summed E-state index contributed by atoms with van der Waals surface area (Å²) in [5, 5.41) is 3.22. The molecule has 0 aromatic heterocycles. The molecular weight excluding hydrogens is 254 g/mol. The highest BCUT2D eigenvalue weighted by molar-refractivity contribution is 9.10. The Balaban J connectivity index is 2.69. The van der Waals surface area contributed by atoms with Crippen LogP contribution in [0.4, 0.5) is 0 Å². The van der Waals surface area contributed by atoms with Gasteiger partial charge in [0.1, 0.15) is 0 Å². The van der Waals surface area contributed by atoms with E-state index in [0.29, 0.717) is 5.92 Å². The largest absolute Gasteiger partial charge is 0.385 e. The molecule has 1 atom stereocenters. The SMILES string of the molecule is CNCC(CCOC)c1cccc(Br)c1. The van der Waals surface area contributed by atoms with Gasteiger partial charge in [-0.15, -0.1) is 0 Å². The summed E-state index contributed by atoms with van der Waals surface area (Å²) in [6.45, 7) is 1.79. The maximum atomic E-state index is 5.13. The zero-order valence-corrected chi connectivity index (χ0v) is 10.9. The summed E-state index contributed by atoms with van der Waals surface area (Å²) in [7, 11) is 3.73. The second kappa shape index (κ2) is 6.99. The first-order valence-electron chi connectivity index (χ1n) is 5.17. The second-order valence-electron chi connectivity index (χ2n) is 3.59. The van der Waals surface area contributed by atoms with E-state index in [9.17, 15) is 0 Å². The molecule has 0 aliphatic rings. The third kappa shape index (κ3) is 4.33. The van der Waals surface area contributed by atoms with Crippen molar-refractivity contribution >= 4 is 15.9 Å². The Hall–Kier alpha value is -0.380. The molecule has 2 nitrogen and oxygen atoms in total. The van der Waals surface area contributed by atoms with Crippen LogP contribution in [-0.4, -0.2) is 27.3 Å². The molecule has 1 aromatic rings. The summed E-state index contributed by atoms with van der Waals surface area (Å²) in [4.78, 5) is 0. The van der Waals surface area contributed by atoms with Crippen molar-refractivity contribution in [2.45, 2.75) is 12.3 Å². The fourth-order valence-corrected chi connectivity index (χ4v) is 2.07. The number of ether oxygens (including phenoxy) is 1. The Kier molecular flexibility index (Phi) is 5.91. The van der Waals surface area contributed by atoms with Crippen molar-refractivity contribution in [1.82, 2.24) is 5.32 Å². The predicted octanol–water partition coefficient (Wildman–Crippen LogP) is 2.79. The zero-order valence-electron chi connectivity index (χ0n) is 9.29. The van der Waals surface area contributed by atoms with Gasteiger partial charge in [0.15, 0.2) is 0 Å². The molecular formula is C12H18BrNO. The zero-order chi connectivity index (χ0) is 11.1. The minimum atomic E-state index is 0.521. The molecule has 0 aliphatic carbocycles. The quantitative estimate of drug-likeness (QED) is 0.859. The van der Waals surface area contributed by atoms with Crippen LogP contribution in [-0.2, 0) is 4.74 Å². The maximum Gasteiger partial charge on any atom is 0.0468 e. The smallest absolute Gasteiger partial charge is 0.0468 e. The van der Waals surface area contributed by atoms with Crippen molar-refractivity contribution < 1.29 is 4.74 Å². The first-order valence-corrected chi connectivity index (χ1v) is 5.96. The molecule has 0 heterocycles. The van der Waals surface area contributed by atoms with Gasteiger partial charge in [0.2, 0.25) is 0 Å². The molecule has 1 N–H and O–H groups in total. The van der Waals surface area contributed by atoms with Crippen LogP contribution in [0.3, 0.4) is 0 Å². The van der Waals surface area contributed by atoms with Gasteiger partial charge >= 0.3 is 0 Å². The number of methoxy groups -OCH3 is 1. The van der Waals surface area contributed by atoms with Gasteiger partial charge in [0.25, 0.3) is 0 Å². The van der Waals surface area contributed by atoms with Gasteiger partial charge < -0.3 is 10.1 Å². The van der Waals surface area contributed by atoms with Crippen molar-refractivity contribution in [1.29, 1.82) is 0 Å². The lowest BCUT2D eigenvalue weighted by atomic mass is 9.96. The molecule has 0 spiro atoms. The number of nitrogens with one attached hydrogen (secondary N) is 1. The summed E-state index contributed by atoms with van der Waals surface area (Å²) in [5.74, 6) is 0.521. The van der Waals surface area contributed by atoms with Crippen molar-refractivity contribution in [3.63, 3.8) is 0 Å². The van der Waals surface area contributed by atoms with Crippen molar-refractivity contribution in [3.8, 4) is 0 Å². The lowest BCUT2D eigenvalue weighted by Gasteiger charge is -2.16. The monoisotopic (exact) mass is 271 g/mol. The van der Waals surface area contributed by atoms with Gasteiger partial charge in [-0.2, -0.15) is 0 Å². The Morgan fingerprint density at radius 2 is 2.27 bits per heavy atom. The van der Waals surface area contributed by atoms with Crippen LogP contribution in [0.25, 0.3) is 0 Å². The van der Waals surface area contributed by atoms with Gasteiger partial charge in [-0.25, -0.2) is 0 Å². The summed E-state index contributed by atoms with van der Waals surface area (Å²) < 4.78 is 6.27. The first-order chi connectivity index (χ1) is 7.27. The fraction of sp³-hybridized carbons (Fsp3) is 0.500. The first kappa shape index (κ1) is 12.7. The van der Waals surface area contributed by atoms with Crippen molar-refractivity contribution in [2.75, 3.05) is 27.3 Å². The summed E-state index contributed by atoms with van der Waals surface area (Å²) >= 11 is 3.50. The molecule has 0 saturated carbocycles. The van der Waals surface area contributed by atoms with E-state index >= 15 is 0 Å². The van der Waals surface area contributed by atoms with Crippen molar-refractivity contribution in [2.24, 2.45) is 0 Å². The highest BCUT2D eigenvalue weighted by Crippen LogP contribution is 2.22. The molecule has 0 aliphatic heterocycles. The Morgan fingerprint density at radius 3 is 2.87 bits per heavy atom. The number of likely N-dealkylation sites (N-methyl/N-ethyl adjacent to an activating group) is 1. The van der Waals surface area contributed by atoms with Crippen LogP contribution in [0.2, 0.25) is 0 Å². The number of benzene rings is 1. The molecule has 1 unspecified atom stereocenters. The number of rotatable bonds is 6. The van der Waals surface area contributed by atoms with Crippen molar-refractivity contribution in [3.05, 3.63) is 34.3 Å². The second-order valence-corrected chi connectivity index (χ2v) is 4.51. The van der Waals surface area contributed by atoms with Gasteiger partial charge in [-0.1, -0.05) is 28.1 Å². The number of halogens is 1. The molecule has 1 aromatic carbocycles. The summed E-state index contributed by atoms with van der Waals surface area (Å²) in [5.41, 5.74) is 1.36. The van der Waals surface area contributed by atoms with Gasteiger partial charge in [0, 0.05) is 24.7 Å². The van der Waals surface area contributed by atoms with Gasteiger partial charge in [0.05, 0.1) is 0 Å². The van der Waals surface area contributed by atoms with Crippen LogP contribution in [0, 0.1) is 0 Å². The van der Waals surface area contributed by atoms with Crippen LogP contribution in [0.1, 0.15) is 17.9 Å². The lowest BCUT2D eigenvalue weighted by Crippen LogP contribution is -2.18. The summed E-state index contributed by atoms with van der Waals surface area (Å²) in [6.07, 6.45) is 1.05. The molecule has 15 heavy (non-hydrogen) atoms. The van der Waals surface area contributed by atoms with E-state index in [1.807, 2.05) is 7.05 Å². The highest BCUT2D eigenvalue weighted by atomic mass is 79.9. The molecule has 0 amide bonds. The molecule has 0 bridgehead atoms. The molecule has 84 valence electrons. The highest BCUT2D eigenvalue weighted by Gasteiger charge is 2.10. The van der Waals surface area contributed by atoms with E-state index in [4.69, 9.17) is 4.74 Å². The van der Waals surface area contributed by atoms with E-state index in [-0.39, 0.29) is 0 Å². The van der Waals surface area contributed by atoms with E-state index in [2.05, 4.69) is 45.5 Å². The third-order valence-electron chi connectivity index (χ3n) is 2.44. The number of hydrogen-bond acceptors (Lipinski definition) is 2. The van der Waals surface area contributed by atoms with Gasteiger partial charge in [-0.3, -0.25) is 0 Å². The Morgan fingerprint density at radius 1 is 1.47 bits per heavy atom. The maximum absolute atomic E-state index is 5.13. The Bertz CT molecular complexity index is 291. The van der Waals surface area contributed by atoms with Crippen LogP contribution in [0.15, 0.2) is 28.7 Å². The standard InChI is InChI=1S/C12H18BrNO/c1-14-9-11(6-7-15-2)10-4-3-5-12(13)8-10/h3-5,8,11,14H,6-7,9H2,1-2H3. The normalized spacial score (nSPS) is 12.7. The average Bonchev–Trinajstić information content (AvgIpc) is 2.24. The summed E-state index contributed by atoms with van der Waals surface area (Å²) in [6, 6.07) is 8.48. The Labute approximate surface area is 100 Å². The topological polar surface area (TPSA) is 21.3 Å². The molecule has 0 fully saturated rings. The van der Waals surface area contributed by atoms with Crippen LogP contribution >= 0.6 is 15.9 Å². The predicted molar refractivity (Wildman–Crippen MR) is 67.3 cm³/mol. The van der Waals surface area contributed by atoms with E-state index < -0.39 is 0 Å². The minimum absolute atomic E-state index is 0.521.